The molecule has 0 radical (unpaired) electrons. The van der Waals surface area contributed by atoms with E-state index in [0.717, 1.165) is 11.3 Å². The van der Waals surface area contributed by atoms with Crippen LogP contribution >= 0.6 is 0 Å². The fraction of sp³-hybridized carbons (Fsp3) is 0.467. The Kier molecular flexibility index (Phi) is 5.58. The molecular formula is C15H23N5O. The first-order valence-corrected chi connectivity index (χ1v) is 6.77. The maximum Gasteiger partial charge on any atom is 0.278 e. The van der Waals surface area contributed by atoms with Crippen molar-refractivity contribution in [2.75, 3.05) is 7.05 Å². The van der Waals surface area contributed by atoms with Gasteiger partial charge in [0.25, 0.3) is 5.91 Å². The summed E-state index contributed by atoms with van der Waals surface area (Å²) >= 11 is 0. The number of allylic oxidation sites excluding steroid dienone is 1. The zero-order valence-corrected chi connectivity index (χ0v) is 13.6. The van der Waals surface area contributed by atoms with Crippen LogP contribution in [0.1, 0.15) is 37.0 Å². The van der Waals surface area contributed by atoms with Crippen molar-refractivity contribution >= 4 is 18.6 Å². The maximum atomic E-state index is 12.4. The van der Waals surface area contributed by atoms with Gasteiger partial charge in [0.05, 0.1) is 5.69 Å². The third-order valence-electron chi connectivity index (χ3n) is 3.26. The zero-order valence-electron chi connectivity index (χ0n) is 13.6. The van der Waals surface area contributed by atoms with E-state index in [2.05, 4.69) is 35.6 Å². The molecule has 0 aliphatic carbocycles. The van der Waals surface area contributed by atoms with Crippen molar-refractivity contribution < 1.29 is 4.79 Å². The van der Waals surface area contributed by atoms with Crippen molar-refractivity contribution in [1.29, 1.82) is 0 Å². The Labute approximate surface area is 125 Å². The topological polar surface area (TPSA) is 62.9 Å². The third kappa shape index (κ3) is 4.11. The summed E-state index contributed by atoms with van der Waals surface area (Å²) in [5.74, 6) is 0.430. The largest absolute Gasteiger partial charge is 0.278 e. The highest BCUT2D eigenvalue weighted by Crippen LogP contribution is 2.09. The summed E-state index contributed by atoms with van der Waals surface area (Å²) in [4.78, 5) is 21.9. The molecule has 0 fully saturated rings. The predicted molar refractivity (Wildman–Crippen MR) is 85.6 cm³/mol. The van der Waals surface area contributed by atoms with Crippen LogP contribution in [0.3, 0.4) is 0 Å². The summed E-state index contributed by atoms with van der Waals surface area (Å²) in [5, 5.41) is 4.17. The smallest absolute Gasteiger partial charge is 0.278 e. The van der Waals surface area contributed by atoms with Crippen molar-refractivity contribution in [3.8, 4) is 0 Å². The van der Waals surface area contributed by atoms with E-state index in [9.17, 15) is 4.79 Å². The molecule has 0 unspecified atom stereocenters. The van der Waals surface area contributed by atoms with Crippen molar-refractivity contribution in [2.24, 2.45) is 23.0 Å². The van der Waals surface area contributed by atoms with Gasteiger partial charge in [0.1, 0.15) is 5.69 Å². The van der Waals surface area contributed by atoms with Crippen LogP contribution in [0.15, 0.2) is 27.8 Å². The molecule has 0 saturated carbocycles. The second kappa shape index (κ2) is 6.97. The first-order chi connectivity index (χ1) is 9.77. The van der Waals surface area contributed by atoms with Crippen LogP contribution in [-0.4, -0.2) is 40.3 Å². The number of carbonyl (C=O) groups excluding carboxylic acids is 1. The van der Waals surface area contributed by atoms with E-state index in [0.29, 0.717) is 11.6 Å². The molecule has 114 valence electrons. The number of guanidine groups is 1. The van der Waals surface area contributed by atoms with Crippen LogP contribution < -0.4 is 0 Å². The molecule has 21 heavy (non-hydrogen) atoms. The molecule has 1 heterocycles. The van der Waals surface area contributed by atoms with Crippen molar-refractivity contribution in [3.63, 3.8) is 0 Å². The van der Waals surface area contributed by atoms with E-state index < -0.39 is 0 Å². The molecule has 0 bridgehead atoms. The number of aromatic nitrogens is 2. The van der Waals surface area contributed by atoms with Gasteiger partial charge in [0.2, 0.25) is 5.96 Å². The minimum atomic E-state index is -0.222. The summed E-state index contributed by atoms with van der Waals surface area (Å²) in [6.45, 7) is 11.5. The number of aryl methyl sites for hydroxylation is 2. The number of carbonyl (C=O) groups is 1. The lowest BCUT2D eigenvalue weighted by Crippen LogP contribution is -2.33. The van der Waals surface area contributed by atoms with Crippen LogP contribution in [0, 0.1) is 12.8 Å². The number of aliphatic imine (C=N–C) groups is 2. The average molecular weight is 289 g/mol. The average Bonchev–Trinajstić information content (AvgIpc) is 2.76. The number of nitrogens with zero attached hydrogens (tertiary/aromatic N) is 5. The Morgan fingerprint density at radius 1 is 1.52 bits per heavy atom. The highest BCUT2D eigenvalue weighted by molar-refractivity contribution is 6.05. The van der Waals surface area contributed by atoms with Gasteiger partial charge in [-0.05, 0) is 32.5 Å². The molecule has 1 amide bonds. The molecule has 0 aromatic carbocycles. The van der Waals surface area contributed by atoms with Gasteiger partial charge in [0, 0.05) is 20.3 Å². The normalized spacial score (nSPS) is 12.7. The van der Waals surface area contributed by atoms with Crippen LogP contribution in [0.25, 0.3) is 0 Å². The molecule has 0 saturated heterocycles. The monoisotopic (exact) mass is 289 g/mol. The van der Waals surface area contributed by atoms with Gasteiger partial charge in [0.15, 0.2) is 0 Å². The van der Waals surface area contributed by atoms with Gasteiger partial charge < -0.3 is 0 Å². The van der Waals surface area contributed by atoms with Crippen LogP contribution in [0.5, 0.6) is 0 Å². The summed E-state index contributed by atoms with van der Waals surface area (Å²) in [7, 11) is 3.35. The van der Waals surface area contributed by atoms with Gasteiger partial charge in [-0.2, -0.15) is 5.10 Å². The van der Waals surface area contributed by atoms with Crippen molar-refractivity contribution in [3.05, 3.63) is 29.2 Å². The van der Waals surface area contributed by atoms with Gasteiger partial charge >= 0.3 is 0 Å². The van der Waals surface area contributed by atoms with Crippen molar-refractivity contribution in [1.82, 2.24) is 14.7 Å². The molecule has 1 aromatic rings. The van der Waals surface area contributed by atoms with E-state index in [1.807, 2.05) is 13.8 Å². The van der Waals surface area contributed by atoms with E-state index in [4.69, 9.17) is 0 Å². The number of hydrogen-bond acceptors (Lipinski definition) is 3. The quantitative estimate of drug-likeness (QED) is 0.633. The van der Waals surface area contributed by atoms with Gasteiger partial charge in [-0.3, -0.25) is 14.4 Å². The summed E-state index contributed by atoms with van der Waals surface area (Å²) in [6, 6.07) is 1.73. The van der Waals surface area contributed by atoms with E-state index in [-0.39, 0.29) is 11.9 Å². The lowest BCUT2D eigenvalue weighted by atomic mass is 10.1. The first-order valence-electron chi connectivity index (χ1n) is 6.77. The molecule has 0 atom stereocenters. The highest BCUT2D eigenvalue weighted by Gasteiger charge is 2.19. The van der Waals surface area contributed by atoms with Crippen LogP contribution in [0.4, 0.5) is 0 Å². The SMILES string of the molecule is C=N/C(=N\C=C(/C)C(C)C)N(C)C(=O)c1cc(C)nn1C. The van der Waals surface area contributed by atoms with E-state index in [1.54, 1.807) is 31.0 Å². The van der Waals surface area contributed by atoms with Crippen LogP contribution in [-0.2, 0) is 7.05 Å². The summed E-state index contributed by atoms with van der Waals surface area (Å²) < 4.78 is 1.55. The fourth-order valence-electron chi connectivity index (χ4n) is 1.62. The molecule has 0 aliphatic rings. The first kappa shape index (κ1) is 16.8. The zero-order chi connectivity index (χ0) is 16.2. The van der Waals surface area contributed by atoms with Gasteiger partial charge in [-0.25, -0.2) is 9.98 Å². The Bertz CT molecular complexity index is 595. The number of hydrogen-bond donors (Lipinski definition) is 0. The number of amides is 1. The molecule has 0 aliphatic heterocycles. The van der Waals surface area contributed by atoms with Crippen molar-refractivity contribution in [2.45, 2.75) is 27.7 Å². The lowest BCUT2D eigenvalue weighted by molar-refractivity contribution is 0.0859. The number of rotatable bonds is 3. The second-order valence-electron chi connectivity index (χ2n) is 5.27. The molecule has 1 rings (SSSR count). The fourth-order valence-corrected chi connectivity index (χ4v) is 1.62. The lowest BCUT2D eigenvalue weighted by Gasteiger charge is -2.15. The molecule has 0 spiro atoms. The van der Waals surface area contributed by atoms with Gasteiger partial charge in [-0.15, -0.1) is 0 Å². The molecule has 6 heteroatoms. The molecule has 0 N–H and O–H groups in total. The Hall–Kier alpha value is -2.24. The second-order valence-corrected chi connectivity index (χ2v) is 5.27. The van der Waals surface area contributed by atoms with E-state index >= 15 is 0 Å². The molecule has 6 nitrogen and oxygen atoms in total. The minimum absolute atomic E-state index is 0.222. The summed E-state index contributed by atoms with van der Waals surface area (Å²) in [5.41, 5.74) is 2.37. The Balaban J connectivity index is 3.04. The Morgan fingerprint density at radius 2 is 2.14 bits per heavy atom. The third-order valence-corrected chi connectivity index (χ3v) is 3.26. The maximum absolute atomic E-state index is 12.4. The van der Waals surface area contributed by atoms with E-state index in [1.165, 1.54) is 4.90 Å². The van der Waals surface area contributed by atoms with Crippen LogP contribution in [0.2, 0.25) is 0 Å². The molecule has 1 aromatic heterocycles. The molecular weight excluding hydrogens is 266 g/mol. The predicted octanol–water partition coefficient (Wildman–Crippen LogP) is 2.42. The standard InChI is InChI=1S/C15H23N5O/c1-10(2)11(3)9-17-15(16-5)19(6)14(21)13-8-12(4)18-20(13)7/h8-10H,5H2,1-4,6-7H3/b11-9+,17-15+. The highest BCUT2D eigenvalue weighted by atomic mass is 16.2. The van der Waals surface area contributed by atoms with Gasteiger partial charge in [-0.1, -0.05) is 19.4 Å². The Morgan fingerprint density at radius 3 is 2.57 bits per heavy atom. The minimum Gasteiger partial charge on any atom is -0.278 e. The summed E-state index contributed by atoms with van der Waals surface area (Å²) in [6.07, 6.45) is 1.72.